The lowest BCUT2D eigenvalue weighted by molar-refractivity contribution is -0.503. The molecule has 0 aliphatic heterocycles. The quantitative estimate of drug-likeness (QED) is 0.254. The van der Waals surface area contributed by atoms with Crippen molar-refractivity contribution in [1.82, 2.24) is 0 Å². The molecule has 0 radical (unpaired) electrons. The summed E-state index contributed by atoms with van der Waals surface area (Å²) in [5.41, 5.74) is 5.47. The van der Waals surface area contributed by atoms with E-state index in [0.29, 0.717) is 6.54 Å². The first kappa shape index (κ1) is 13.3. The molecule has 0 fully saturated rings. The molecule has 0 spiro atoms. The van der Waals surface area contributed by atoms with Crippen LogP contribution in [0.5, 0.6) is 0 Å². The van der Waals surface area contributed by atoms with Crippen molar-refractivity contribution in [2.24, 2.45) is 11.7 Å². The van der Waals surface area contributed by atoms with Crippen LogP contribution in [0.25, 0.3) is 0 Å². The number of nitrogens with two attached hydrogens (primary N) is 1. The van der Waals surface area contributed by atoms with Gasteiger partial charge in [0.05, 0.1) is 19.0 Å². The Morgan fingerprint density at radius 2 is 2.18 bits per heavy atom. The van der Waals surface area contributed by atoms with Crippen LogP contribution in [0, 0.1) is 17.2 Å². The van der Waals surface area contributed by atoms with E-state index >= 15 is 0 Å². The second-order valence-electron chi connectivity index (χ2n) is 2.55. The fourth-order valence-electron chi connectivity index (χ4n) is 0.596. The highest BCUT2D eigenvalue weighted by molar-refractivity contribution is 5.71. The third kappa shape index (κ3) is 6.10. The minimum absolute atomic E-state index is 0. The molecule has 0 aromatic heterocycles. The number of nitriles is 1. The van der Waals surface area contributed by atoms with E-state index in [1.165, 1.54) is 0 Å². The Labute approximate surface area is 84.9 Å². The summed E-state index contributed by atoms with van der Waals surface area (Å²) >= 11 is 0. The number of nitrogens with zero attached hydrogens (tertiary/aromatic N) is 2. The molecule has 0 amide bonds. The van der Waals surface area contributed by atoms with Gasteiger partial charge in [-0.2, -0.15) is 5.26 Å². The van der Waals surface area contributed by atoms with Crippen LogP contribution < -0.4 is 29.7 Å². The first-order valence-corrected chi connectivity index (χ1v) is 3.27. The summed E-state index contributed by atoms with van der Waals surface area (Å²) in [4.78, 5) is 0. The molecule has 3 nitrogen and oxygen atoms in total. The molecule has 0 heterocycles. The van der Waals surface area contributed by atoms with Crippen LogP contribution in [0.4, 0.5) is 0 Å². The molecular weight excluding hydrogens is 253 g/mol. The lowest BCUT2D eigenvalue weighted by atomic mass is 10.2. The molecule has 0 bridgehead atoms. The van der Waals surface area contributed by atoms with Crippen molar-refractivity contribution >= 4 is 5.84 Å². The van der Waals surface area contributed by atoms with Gasteiger partial charge in [-0.25, -0.2) is 0 Å². The Kier molecular flexibility index (Phi) is 7.74. The lowest BCUT2D eigenvalue weighted by Crippen LogP contribution is -3.00. The molecule has 0 rings (SSSR count). The molecule has 0 aromatic carbocycles. The van der Waals surface area contributed by atoms with E-state index in [4.69, 9.17) is 11.0 Å². The molecule has 0 aliphatic carbocycles. The predicted molar refractivity (Wildman–Crippen MR) is 40.7 cm³/mol. The van der Waals surface area contributed by atoms with Gasteiger partial charge in [0.2, 0.25) is 5.84 Å². The fraction of sp³-hybridized carbons (Fsp3) is 0.714. The SMILES string of the molecule is CC(N)=[N+](C)CC(C)C#N.[I-]. The summed E-state index contributed by atoms with van der Waals surface area (Å²) < 4.78 is 1.87. The molecule has 1 unspecified atom stereocenters. The maximum Gasteiger partial charge on any atom is 0.239 e. The molecule has 1 atom stereocenters. The summed E-state index contributed by atoms with van der Waals surface area (Å²) in [7, 11) is 1.88. The minimum atomic E-state index is 0. The van der Waals surface area contributed by atoms with Crippen LogP contribution in [0.1, 0.15) is 13.8 Å². The minimum Gasteiger partial charge on any atom is -1.00 e. The average Bonchev–Trinajstić information content (AvgIpc) is 1.87. The van der Waals surface area contributed by atoms with Gasteiger partial charge in [-0.1, -0.05) is 0 Å². The monoisotopic (exact) mass is 267 g/mol. The maximum atomic E-state index is 8.44. The van der Waals surface area contributed by atoms with Gasteiger partial charge in [-0.15, -0.1) is 0 Å². The summed E-state index contributed by atoms with van der Waals surface area (Å²) in [5, 5.41) is 8.44. The van der Waals surface area contributed by atoms with Gasteiger partial charge in [0, 0.05) is 6.92 Å². The summed E-state index contributed by atoms with van der Waals surface area (Å²) in [6.07, 6.45) is 0. The van der Waals surface area contributed by atoms with Gasteiger partial charge in [0.15, 0.2) is 0 Å². The van der Waals surface area contributed by atoms with E-state index in [-0.39, 0.29) is 29.9 Å². The second kappa shape index (κ2) is 6.40. The highest BCUT2D eigenvalue weighted by atomic mass is 127. The van der Waals surface area contributed by atoms with Crippen molar-refractivity contribution in [3.63, 3.8) is 0 Å². The third-order valence-corrected chi connectivity index (χ3v) is 1.37. The van der Waals surface area contributed by atoms with Crippen LogP contribution >= 0.6 is 0 Å². The molecule has 4 heteroatoms. The van der Waals surface area contributed by atoms with Crippen molar-refractivity contribution < 1.29 is 28.6 Å². The zero-order chi connectivity index (χ0) is 8.15. The molecule has 2 N–H and O–H groups in total. The first-order valence-electron chi connectivity index (χ1n) is 3.27. The average molecular weight is 267 g/mol. The highest BCUT2D eigenvalue weighted by Gasteiger charge is 2.03. The Hall–Kier alpha value is -0.310. The molecule has 64 valence electrons. The van der Waals surface area contributed by atoms with E-state index in [0.717, 1.165) is 5.84 Å². The normalized spacial score (nSPS) is 14.0. The fourth-order valence-corrected chi connectivity index (χ4v) is 0.596. The lowest BCUT2D eigenvalue weighted by Gasteiger charge is -2.02. The van der Waals surface area contributed by atoms with Crippen molar-refractivity contribution in [1.29, 1.82) is 5.26 Å². The molecule has 0 saturated heterocycles. The zero-order valence-electron chi connectivity index (χ0n) is 7.13. The number of hydrogen-bond donors (Lipinski definition) is 1. The van der Waals surface area contributed by atoms with Crippen molar-refractivity contribution in [3.05, 3.63) is 0 Å². The van der Waals surface area contributed by atoms with Gasteiger partial charge in [0.25, 0.3) is 0 Å². The number of halogens is 1. The Balaban J connectivity index is 0. The van der Waals surface area contributed by atoms with Crippen LogP contribution in [-0.4, -0.2) is 24.0 Å². The van der Waals surface area contributed by atoms with Crippen LogP contribution in [0.2, 0.25) is 0 Å². The number of hydrogen-bond acceptors (Lipinski definition) is 1. The molecule has 0 saturated carbocycles. The summed E-state index contributed by atoms with van der Waals surface area (Å²) in [5.74, 6) is 0.797. The third-order valence-electron chi connectivity index (χ3n) is 1.37. The molecule has 0 aromatic rings. The Bertz CT molecular complexity index is 177. The van der Waals surface area contributed by atoms with Crippen LogP contribution in [0.3, 0.4) is 0 Å². The van der Waals surface area contributed by atoms with Crippen LogP contribution in [-0.2, 0) is 0 Å². The van der Waals surface area contributed by atoms with E-state index in [2.05, 4.69) is 6.07 Å². The van der Waals surface area contributed by atoms with Crippen molar-refractivity contribution in [2.75, 3.05) is 13.6 Å². The Morgan fingerprint density at radius 1 is 1.73 bits per heavy atom. The van der Waals surface area contributed by atoms with Gasteiger partial charge < -0.3 is 24.0 Å². The van der Waals surface area contributed by atoms with Gasteiger partial charge in [-0.3, -0.25) is 10.3 Å². The van der Waals surface area contributed by atoms with Gasteiger partial charge >= 0.3 is 0 Å². The van der Waals surface area contributed by atoms with Crippen LogP contribution in [0.15, 0.2) is 0 Å². The zero-order valence-corrected chi connectivity index (χ0v) is 9.29. The number of amidine groups is 1. The van der Waals surface area contributed by atoms with E-state index in [1.54, 1.807) is 0 Å². The maximum absolute atomic E-state index is 8.44. The van der Waals surface area contributed by atoms with Crippen molar-refractivity contribution in [2.45, 2.75) is 13.8 Å². The highest BCUT2D eigenvalue weighted by Crippen LogP contribution is 1.90. The summed E-state index contributed by atoms with van der Waals surface area (Å²) in [6, 6.07) is 2.14. The molecule has 0 aliphatic rings. The van der Waals surface area contributed by atoms with Gasteiger partial charge in [-0.05, 0) is 6.92 Å². The van der Waals surface area contributed by atoms with E-state index in [9.17, 15) is 0 Å². The second-order valence-corrected chi connectivity index (χ2v) is 2.55. The first-order chi connectivity index (χ1) is 4.57. The van der Waals surface area contributed by atoms with Gasteiger partial charge in [0.1, 0.15) is 6.54 Å². The van der Waals surface area contributed by atoms with E-state index < -0.39 is 0 Å². The molecular formula is C7H14IN3. The Morgan fingerprint density at radius 3 is 2.45 bits per heavy atom. The predicted octanol–water partition coefficient (Wildman–Crippen LogP) is -2.83. The summed E-state index contributed by atoms with van der Waals surface area (Å²) in [6.45, 7) is 4.41. The molecule has 11 heavy (non-hydrogen) atoms. The number of rotatable bonds is 2. The standard InChI is InChI=1S/C7H13N3.HI/c1-6(4-8)5-10(3)7(2)9;/h6,9H,5H2,1-3H3;1H. The van der Waals surface area contributed by atoms with Crippen molar-refractivity contribution in [3.8, 4) is 6.07 Å². The van der Waals surface area contributed by atoms with E-state index in [1.807, 2.05) is 25.5 Å². The largest absolute Gasteiger partial charge is 1.00 e. The smallest absolute Gasteiger partial charge is 0.239 e. The topological polar surface area (TPSA) is 52.8 Å².